The van der Waals surface area contributed by atoms with E-state index in [4.69, 9.17) is 16.9 Å². The number of guanidine groups is 1. The Bertz CT molecular complexity index is 714. The third-order valence-corrected chi connectivity index (χ3v) is 5.01. The van der Waals surface area contributed by atoms with Crippen molar-refractivity contribution >= 4 is 29.7 Å². The van der Waals surface area contributed by atoms with Crippen LogP contribution in [0.25, 0.3) is 0 Å². The molecular weight excluding hydrogens is 446 g/mol. The van der Waals surface area contributed by atoms with E-state index >= 15 is 0 Å². The molecule has 0 aliphatic heterocycles. The Hall–Kier alpha value is -2.93. The lowest BCUT2D eigenvalue weighted by molar-refractivity contribution is -0.142. The molecule has 0 rings (SSSR count). The number of carboxylic acids is 1. The zero-order chi connectivity index (χ0) is 26.6. The second-order valence-corrected chi connectivity index (χ2v) is 9.07. The Morgan fingerprint density at radius 3 is 1.91 bits per heavy atom. The molecule has 0 saturated carbocycles. The molecule has 0 spiro atoms. The largest absolute Gasteiger partial charge is 0.480 e. The van der Waals surface area contributed by atoms with Crippen LogP contribution in [0.1, 0.15) is 53.9 Å². The van der Waals surface area contributed by atoms with Gasteiger partial charge < -0.3 is 42.9 Å². The SMILES string of the molecule is CC(C)C[C@H](NC(=O)[C@@H](NC(=O)[C@@H](N)[C@@H](C)O)C(C)C)C(=O)N[C@@H](CCCNC(=N)N)C(=O)O. The highest BCUT2D eigenvalue weighted by atomic mass is 16.4. The maximum Gasteiger partial charge on any atom is 0.326 e. The number of aliphatic hydroxyl groups excluding tert-OH is 1. The number of carboxylic acid groups (broad SMARTS) is 1. The van der Waals surface area contributed by atoms with Crippen LogP contribution < -0.4 is 32.7 Å². The van der Waals surface area contributed by atoms with Gasteiger partial charge in [-0.2, -0.15) is 0 Å². The molecule has 0 aromatic carbocycles. The standard InChI is InChI=1S/C21H41N7O6/c1-10(2)9-14(17(30)26-13(20(33)34)7-6-8-25-21(23)24)27-19(32)16(11(3)4)28-18(31)15(22)12(5)29/h10-16,29H,6-9,22H2,1-5H3,(H,26,30)(H,27,32)(H,28,31)(H,33,34)(H4,23,24,25)/t12-,13+,14+,15+,16+/m1/s1. The lowest BCUT2D eigenvalue weighted by Gasteiger charge is -2.28. The van der Waals surface area contributed by atoms with Crippen molar-refractivity contribution in [2.24, 2.45) is 23.3 Å². The highest BCUT2D eigenvalue weighted by molar-refractivity contribution is 5.94. The first kappa shape index (κ1) is 31.1. The van der Waals surface area contributed by atoms with Crippen molar-refractivity contribution in [2.75, 3.05) is 6.54 Å². The number of carbonyl (C=O) groups is 4. The summed E-state index contributed by atoms with van der Waals surface area (Å²) < 4.78 is 0. The number of hydrogen-bond donors (Lipinski definition) is 9. The van der Waals surface area contributed by atoms with Crippen molar-refractivity contribution < 1.29 is 29.4 Å². The first-order chi connectivity index (χ1) is 15.7. The molecule has 0 aromatic heterocycles. The second-order valence-electron chi connectivity index (χ2n) is 9.07. The zero-order valence-corrected chi connectivity index (χ0v) is 20.6. The number of nitrogens with two attached hydrogens (primary N) is 2. The molecule has 0 bridgehead atoms. The van der Waals surface area contributed by atoms with Crippen LogP contribution in [0.4, 0.5) is 0 Å². The van der Waals surface area contributed by atoms with Gasteiger partial charge in [0.2, 0.25) is 17.7 Å². The van der Waals surface area contributed by atoms with Gasteiger partial charge in [-0.3, -0.25) is 19.8 Å². The number of carbonyl (C=O) groups excluding carboxylic acids is 3. The fraction of sp³-hybridized carbons (Fsp3) is 0.762. The summed E-state index contributed by atoms with van der Waals surface area (Å²) in [5, 5.41) is 36.2. The molecule has 34 heavy (non-hydrogen) atoms. The molecule has 11 N–H and O–H groups in total. The quantitative estimate of drug-likeness (QED) is 0.0719. The fourth-order valence-corrected chi connectivity index (χ4v) is 3.03. The van der Waals surface area contributed by atoms with Crippen LogP contribution in [0, 0.1) is 17.2 Å². The fourth-order valence-electron chi connectivity index (χ4n) is 3.03. The van der Waals surface area contributed by atoms with Gasteiger partial charge in [-0.25, -0.2) is 4.79 Å². The van der Waals surface area contributed by atoms with Gasteiger partial charge >= 0.3 is 5.97 Å². The molecule has 13 heteroatoms. The van der Waals surface area contributed by atoms with Gasteiger partial charge in [0.25, 0.3) is 0 Å². The average Bonchev–Trinajstić information content (AvgIpc) is 2.71. The maximum atomic E-state index is 12.9. The van der Waals surface area contributed by atoms with E-state index in [0.717, 1.165) is 0 Å². The number of hydrogen-bond acceptors (Lipinski definition) is 7. The van der Waals surface area contributed by atoms with Crippen LogP contribution in [-0.4, -0.2) is 76.7 Å². The van der Waals surface area contributed by atoms with Crippen LogP contribution in [-0.2, 0) is 19.2 Å². The lowest BCUT2D eigenvalue weighted by Crippen LogP contribution is -2.59. The van der Waals surface area contributed by atoms with Crippen LogP contribution in [0.3, 0.4) is 0 Å². The van der Waals surface area contributed by atoms with Gasteiger partial charge in [0.05, 0.1) is 6.10 Å². The summed E-state index contributed by atoms with van der Waals surface area (Å²) in [5.74, 6) is -3.83. The highest BCUT2D eigenvalue weighted by Gasteiger charge is 2.32. The molecule has 0 aliphatic carbocycles. The summed E-state index contributed by atoms with van der Waals surface area (Å²) in [4.78, 5) is 49.7. The van der Waals surface area contributed by atoms with Crippen molar-refractivity contribution in [1.29, 1.82) is 5.41 Å². The van der Waals surface area contributed by atoms with E-state index in [9.17, 15) is 29.4 Å². The number of nitrogens with one attached hydrogen (secondary N) is 5. The van der Waals surface area contributed by atoms with Crippen LogP contribution in [0.2, 0.25) is 0 Å². The van der Waals surface area contributed by atoms with Crippen LogP contribution >= 0.6 is 0 Å². The molecule has 196 valence electrons. The minimum absolute atomic E-state index is 0.00477. The van der Waals surface area contributed by atoms with Gasteiger partial charge in [0.1, 0.15) is 24.2 Å². The minimum Gasteiger partial charge on any atom is -0.480 e. The topological polar surface area (TPSA) is 233 Å². The van der Waals surface area contributed by atoms with Gasteiger partial charge in [0.15, 0.2) is 5.96 Å². The molecular formula is C21H41N7O6. The molecule has 3 amide bonds. The number of amides is 3. The van der Waals surface area contributed by atoms with Crippen molar-refractivity contribution in [3.05, 3.63) is 0 Å². The maximum absolute atomic E-state index is 12.9. The van der Waals surface area contributed by atoms with Crippen molar-refractivity contribution in [3.8, 4) is 0 Å². The lowest BCUT2D eigenvalue weighted by atomic mass is 9.99. The summed E-state index contributed by atoms with van der Waals surface area (Å²) in [7, 11) is 0. The zero-order valence-electron chi connectivity index (χ0n) is 20.6. The van der Waals surface area contributed by atoms with E-state index in [0.29, 0.717) is 6.42 Å². The van der Waals surface area contributed by atoms with E-state index in [-0.39, 0.29) is 37.2 Å². The van der Waals surface area contributed by atoms with Gasteiger partial charge in [0, 0.05) is 6.54 Å². The molecule has 0 aliphatic rings. The molecule has 0 fully saturated rings. The summed E-state index contributed by atoms with van der Waals surface area (Å²) in [5.41, 5.74) is 10.8. The Morgan fingerprint density at radius 2 is 1.47 bits per heavy atom. The molecule has 0 saturated heterocycles. The first-order valence-electron chi connectivity index (χ1n) is 11.3. The number of aliphatic carboxylic acids is 1. The molecule has 5 atom stereocenters. The average molecular weight is 488 g/mol. The van der Waals surface area contributed by atoms with Crippen molar-refractivity contribution in [2.45, 2.75) is 84.2 Å². The molecule has 13 nitrogen and oxygen atoms in total. The van der Waals surface area contributed by atoms with Gasteiger partial charge in [-0.05, 0) is 38.0 Å². The molecule has 0 heterocycles. The van der Waals surface area contributed by atoms with Gasteiger partial charge in [-0.15, -0.1) is 0 Å². The highest BCUT2D eigenvalue weighted by Crippen LogP contribution is 2.09. The Labute approximate surface area is 200 Å². The van der Waals surface area contributed by atoms with Crippen LogP contribution in [0.15, 0.2) is 0 Å². The summed E-state index contributed by atoms with van der Waals surface area (Å²) in [6, 6.07) is -4.48. The van der Waals surface area contributed by atoms with E-state index in [1.807, 2.05) is 13.8 Å². The summed E-state index contributed by atoms with van der Waals surface area (Å²) in [6.07, 6.45) is -0.454. The third-order valence-electron chi connectivity index (χ3n) is 5.01. The van der Waals surface area contributed by atoms with Crippen LogP contribution in [0.5, 0.6) is 0 Å². The third kappa shape index (κ3) is 11.8. The number of rotatable bonds is 15. The number of aliphatic hydroxyl groups is 1. The van der Waals surface area contributed by atoms with Crippen molar-refractivity contribution in [1.82, 2.24) is 21.3 Å². The summed E-state index contributed by atoms with van der Waals surface area (Å²) in [6.45, 7) is 8.71. The Balaban J connectivity index is 5.36. The van der Waals surface area contributed by atoms with Crippen molar-refractivity contribution in [3.63, 3.8) is 0 Å². The van der Waals surface area contributed by atoms with E-state index < -0.39 is 54.0 Å². The summed E-state index contributed by atoms with van der Waals surface area (Å²) >= 11 is 0. The monoisotopic (exact) mass is 487 g/mol. The predicted octanol–water partition coefficient (Wildman–Crippen LogP) is -1.80. The second kappa shape index (κ2) is 15.1. The van der Waals surface area contributed by atoms with E-state index in [1.165, 1.54) is 6.92 Å². The molecule has 0 unspecified atom stereocenters. The Kier molecular flexibility index (Phi) is 13.8. The van der Waals surface area contributed by atoms with Gasteiger partial charge in [-0.1, -0.05) is 27.7 Å². The Morgan fingerprint density at radius 1 is 0.912 bits per heavy atom. The minimum atomic E-state index is -1.23. The molecule has 0 radical (unpaired) electrons. The van der Waals surface area contributed by atoms with E-state index in [1.54, 1.807) is 13.8 Å². The van der Waals surface area contributed by atoms with E-state index in [2.05, 4.69) is 21.3 Å². The smallest absolute Gasteiger partial charge is 0.326 e. The molecule has 0 aromatic rings. The predicted molar refractivity (Wildman–Crippen MR) is 127 cm³/mol. The first-order valence-corrected chi connectivity index (χ1v) is 11.3. The normalized spacial score (nSPS) is 15.6.